The molecule has 0 aliphatic carbocycles. The Balaban J connectivity index is 2.02. The molecule has 0 aromatic heterocycles. The summed E-state index contributed by atoms with van der Waals surface area (Å²) in [5, 5.41) is 7.15. The Labute approximate surface area is 149 Å². The molecule has 2 N–H and O–H groups in total. The average molecular weight is 343 g/mol. The lowest BCUT2D eigenvalue weighted by Gasteiger charge is -2.27. The molecule has 0 unspecified atom stereocenters. The minimum Gasteiger partial charge on any atom is -0.496 e. The van der Waals surface area contributed by atoms with Crippen molar-refractivity contribution in [3.05, 3.63) is 59.7 Å². The normalized spacial score (nSPS) is 11.9. The first-order valence-corrected chi connectivity index (χ1v) is 8.33. The van der Waals surface area contributed by atoms with Crippen LogP contribution in [-0.4, -0.2) is 37.8 Å². The molecule has 0 amide bonds. The van der Waals surface area contributed by atoms with Crippen molar-refractivity contribution in [2.24, 2.45) is 0 Å². The molecule has 0 saturated carbocycles. The smallest absolute Gasteiger partial charge is 0.170 e. The molecule has 0 aliphatic heterocycles. The Kier molecular flexibility index (Phi) is 6.58. The van der Waals surface area contributed by atoms with Gasteiger partial charge in [-0.1, -0.05) is 30.3 Å². The topological polar surface area (TPSA) is 36.5 Å². The van der Waals surface area contributed by atoms with Gasteiger partial charge in [0.2, 0.25) is 0 Å². The lowest BCUT2D eigenvalue weighted by molar-refractivity contribution is 0.288. The van der Waals surface area contributed by atoms with Crippen LogP contribution in [0.15, 0.2) is 48.5 Å². The van der Waals surface area contributed by atoms with Gasteiger partial charge >= 0.3 is 0 Å². The van der Waals surface area contributed by atoms with Crippen LogP contribution in [0.1, 0.15) is 17.2 Å². The van der Waals surface area contributed by atoms with Gasteiger partial charge in [0.1, 0.15) is 5.75 Å². The third-order valence-electron chi connectivity index (χ3n) is 3.85. The van der Waals surface area contributed by atoms with Crippen LogP contribution in [0.25, 0.3) is 0 Å². The van der Waals surface area contributed by atoms with E-state index in [1.165, 1.54) is 5.56 Å². The monoisotopic (exact) mass is 343 g/mol. The number of rotatable bonds is 6. The van der Waals surface area contributed by atoms with Crippen molar-refractivity contribution < 1.29 is 4.74 Å². The van der Waals surface area contributed by atoms with Gasteiger partial charge in [-0.3, -0.25) is 0 Å². The lowest BCUT2D eigenvalue weighted by atomic mass is 10.0. The molecule has 1 atom stereocenters. The largest absolute Gasteiger partial charge is 0.496 e. The van der Waals surface area contributed by atoms with Crippen LogP contribution < -0.4 is 15.4 Å². The molecule has 5 heteroatoms. The predicted octanol–water partition coefficient (Wildman–Crippen LogP) is 3.59. The van der Waals surface area contributed by atoms with E-state index < -0.39 is 0 Å². The SMILES string of the molecule is COc1ccccc1[C@@H](CNC(=S)Nc1cccc(C)c1)N(C)C. The second kappa shape index (κ2) is 8.66. The molecule has 24 heavy (non-hydrogen) atoms. The number of likely N-dealkylation sites (N-methyl/N-ethyl adjacent to an activating group) is 1. The van der Waals surface area contributed by atoms with Gasteiger partial charge in [-0.05, 0) is 57.0 Å². The Hall–Kier alpha value is -2.11. The van der Waals surface area contributed by atoms with Gasteiger partial charge in [-0.15, -0.1) is 0 Å². The van der Waals surface area contributed by atoms with Gasteiger partial charge in [-0.2, -0.15) is 0 Å². The molecule has 0 heterocycles. The van der Waals surface area contributed by atoms with Crippen LogP contribution in [0.2, 0.25) is 0 Å². The highest BCUT2D eigenvalue weighted by Gasteiger charge is 2.18. The predicted molar refractivity (Wildman–Crippen MR) is 105 cm³/mol. The highest BCUT2D eigenvalue weighted by molar-refractivity contribution is 7.80. The Morgan fingerprint density at radius 1 is 1.17 bits per heavy atom. The number of nitrogens with one attached hydrogen (secondary N) is 2. The van der Waals surface area contributed by atoms with Crippen LogP contribution >= 0.6 is 12.2 Å². The van der Waals surface area contributed by atoms with Crippen molar-refractivity contribution in [2.75, 3.05) is 33.1 Å². The number of thiocarbonyl (C=S) groups is 1. The highest BCUT2D eigenvalue weighted by atomic mass is 32.1. The van der Waals surface area contributed by atoms with Crippen molar-refractivity contribution in [3.8, 4) is 5.75 Å². The maximum atomic E-state index is 5.49. The maximum Gasteiger partial charge on any atom is 0.170 e. The molecule has 0 spiro atoms. The number of hydrogen-bond donors (Lipinski definition) is 2. The van der Waals surface area contributed by atoms with Crippen LogP contribution in [0.5, 0.6) is 5.75 Å². The zero-order valence-electron chi connectivity index (χ0n) is 14.7. The Bertz CT molecular complexity index is 688. The number of para-hydroxylation sites is 1. The molecule has 0 aliphatic rings. The second-order valence-electron chi connectivity index (χ2n) is 5.93. The summed E-state index contributed by atoms with van der Waals surface area (Å²) in [5.74, 6) is 0.885. The molecule has 4 nitrogen and oxygen atoms in total. The number of ether oxygens (including phenoxy) is 1. The molecule has 128 valence electrons. The average Bonchev–Trinajstić information content (AvgIpc) is 2.55. The number of benzene rings is 2. The molecular weight excluding hydrogens is 318 g/mol. The second-order valence-corrected chi connectivity index (χ2v) is 6.33. The molecule has 2 aromatic rings. The number of methoxy groups -OCH3 is 1. The maximum absolute atomic E-state index is 5.49. The van der Waals surface area contributed by atoms with Crippen LogP contribution in [-0.2, 0) is 0 Å². The van der Waals surface area contributed by atoms with Crippen molar-refractivity contribution in [1.29, 1.82) is 0 Å². The summed E-state index contributed by atoms with van der Waals surface area (Å²) in [5.41, 5.74) is 3.32. The lowest BCUT2D eigenvalue weighted by Crippen LogP contribution is -2.36. The molecule has 0 bridgehead atoms. The first-order chi connectivity index (χ1) is 11.5. The molecule has 2 rings (SSSR count). The van der Waals surface area contributed by atoms with Crippen molar-refractivity contribution in [2.45, 2.75) is 13.0 Å². The Morgan fingerprint density at radius 2 is 1.92 bits per heavy atom. The van der Waals surface area contributed by atoms with Crippen molar-refractivity contribution >= 4 is 23.0 Å². The summed E-state index contributed by atoms with van der Waals surface area (Å²) in [6.45, 7) is 2.75. The fourth-order valence-corrected chi connectivity index (χ4v) is 2.80. The fourth-order valence-electron chi connectivity index (χ4n) is 2.60. The Morgan fingerprint density at radius 3 is 2.58 bits per heavy atom. The first-order valence-electron chi connectivity index (χ1n) is 7.92. The molecule has 0 radical (unpaired) electrons. The zero-order valence-corrected chi connectivity index (χ0v) is 15.5. The number of nitrogens with zero attached hydrogens (tertiary/aromatic N) is 1. The summed E-state index contributed by atoms with van der Waals surface area (Å²) in [6.07, 6.45) is 0. The summed E-state index contributed by atoms with van der Waals surface area (Å²) < 4.78 is 5.49. The summed E-state index contributed by atoms with van der Waals surface area (Å²) in [7, 11) is 5.80. The third-order valence-corrected chi connectivity index (χ3v) is 4.10. The minimum absolute atomic E-state index is 0.151. The molecule has 0 fully saturated rings. The van der Waals surface area contributed by atoms with Gasteiger partial charge in [0.05, 0.1) is 13.2 Å². The van der Waals surface area contributed by atoms with E-state index in [2.05, 4.69) is 54.8 Å². The van der Waals surface area contributed by atoms with Gasteiger partial charge in [0.25, 0.3) is 0 Å². The molecule has 2 aromatic carbocycles. The van der Waals surface area contributed by atoms with E-state index in [9.17, 15) is 0 Å². The minimum atomic E-state index is 0.151. The van der Waals surface area contributed by atoms with Gasteiger partial charge in [-0.25, -0.2) is 0 Å². The first kappa shape index (κ1) is 18.2. The third kappa shape index (κ3) is 4.94. The zero-order chi connectivity index (χ0) is 17.5. The van der Waals surface area contributed by atoms with Gasteiger partial charge in [0.15, 0.2) is 5.11 Å². The van der Waals surface area contributed by atoms with E-state index in [1.807, 2.05) is 30.3 Å². The summed E-state index contributed by atoms with van der Waals surface area (Å²) in [4.78, 5) is 2.15. The van der Waals surface area contributed by atoms with E-state index in [0.29, 0.717) is 11.7 Å². The van der Waals surface area contributed by atoms with E-state index in [4.69, 9.17) is 17.0 Å². The van der Waals surface area contributed by atoms with E-state index in [0.717, 1.165) is 17.0 Å². The van der Waals surface area contributed by atoms with Crippen molar-refractivity contribution in [1.82, 2.24) is 10.2 Å². The van der Waals surface area contributed by atoms with E-state index in [-0.39, 0.29) is 6.04 Å². The summed E-state index contributed by atoms with van der Waals surface area (Å²) >= 11 is 5.42. The van der Waals surface area contributed by atoms with E-state index >= 15 is 0 Å². The highest BCUT2D eigenvalue weighted by Crippen LogP contribution is 2.27. The fraction of sp³-hybridized carbons (Fsp3) is 0.316. The molecule has 0 saturated heterocycles. The molecular formula is C19H25N3OS. The number of hydrogen-bond acceptors (Lipinski definition) is 3. The van der Waals surface area contributed by atoms with E-state index in [1.54, 1.807) is 7.11 Å². The van der Waals surface area contributed by atoms with Crippen LogP contribution in [0.3, 0.4) is 0 Å². The standard InChI is InChI=1S/C19H25N3OS/c1-14-8-7-9-15(12-14)21-19(24)20-13-17(22(2)3)16-10-5-6-11-18(16)23-4/h5-12,17H,13H2,1-4H3,(H2,20,21,24)/t17-/m1/s1. The van der Waals surface area contributed by atoms with Crippen LogP contribution in [0.4, 0.5) is 5.69 Å². The number of aryl methyl sites for hydroxylation is 1. The van der Waals surface area contributed by atoms with Crippen molar-refractivity contribution in [3.63, 3.8) is 0 Å². The summed E-state index contributed by atoms with van der Waals surface area (Å²) in [6, 6.07) is 16.4. The van der Waals surface area contributed by atoms with Crippen LogP contribution in [0, 0.1) is 6.92 Å². The van der Waals surface area contributed by atoms with Gasteiger partial charge < -0.3 is 20.3 Å². The quantitative estimate of drug-likeness (QED) is 0.784. The number of anilines is 1. The van der Waals surface area contributed by atoms with Gasteiger partial charge in [0, 0.05) is 17.8 Å².